The lowest BCUT2D eigenvalue weighted by atomic mass is 9.95. The molecule has 0 radical (unpaired) electrons. The van der Waals surface area contributed by atoms with E-state index in [0.29, 0.717) is 6.54 Å². The predicted molar refractivity (Wildman–Crippen MR) is 93.3 cm³/mol. The van der Waals surface area contributed by atoms with E-state index in [9.17, 15) is 4.79 Å². The molecule has 1 N–H and O–H groups in total. The fourth-order valence-corrected chi connectivity index (χ4v) is 2.79. The van der Waals surface area contributed by atoms with Gasteiger partial charge in [-0.2, -0.15) is 0 Å². The van der Waals surface area contributed by atoms with Crippen molar-refractivity contribution < 1.29 is 4.79 Å². The zero-order valence-electron chi connectivity index (χ0n) is 14.3. The van der Waals surface area contributed by atoms with Crippen molar-refractivity contribution in [2.45, 2.75) is 52.9 Å². The SMILES string of the molecule is CC(C)(C)C(=O)NCCc1ccc(N2CCCCCC2)cc1. The normalized spacial score (nSPS) is 16.2. The average molecular weight is 302 g/mol. The van der Waals surface area contributed by atoms with Crippen LogP contribution in [0.3, 0.4) is 0 Å². The summed E-state index contributed by atoms with van der Waals surface area (Å²) in [5, 5.41) is 3.01. The molecule has 0 saturated carbocycles. The number of amides is 1. The molecule has 1 fully saturated rings. The number of carbonyl (C=O) groups excluding carboxylic acids is 1. The summed E-state index contributed by atoms with van der Waals surface area (Å²) in [5.41, 5.74) is 2.31. The van der Waals surface area contributed by atoms with Gasteiger partial charge in [0.15, 0.2) is 0 Å². The van der Waals surface area contributed by atoms with Gasteiger partial charge in [0.2, 0.25) is 5.91 Å². The molecule has 122 valence electrons. The van der Waals surface area contributed by atoms with Crippen LogP contribution in [0.2, 0.25) is 0 Å². The highest BCUT2D eigenvalue weighted by Gasteiger charge is 2.20. The van der Waals surface area contributed by atoms with Gasteiger partial charge >= 0.3 is 0 Å². The number of hydrogen-bond acceptors (Lipinski definition) is 2. The van der Waals surface area contributed by atoms with Crippen LogP contribution in [-0.2, 0) is 11.2 Å². The first kappa shape index (κ1) is 16.9. The average Bonchev–Trinajstić information content (AvgIpc) is 2.76. The molecule has 1 saturated heterocycles. The molecular formula is C19H30N2O. The van der Waals surface area contributed by atoms with E-state index < -0.39 is 0 Å². The maximum absolute atomic E-state index is 11.8. The number of nitrogens with zero attached hydrogens (tertiary/aromatic N) is 1. The van der Waals surface area contributed by atoms with Crippen molar-refractivity contribution in [1.29, 1.82) is 0 Å². The van der Waals surface area contributed by atoms with Gasteiger partial charge in [-0.1, -0.05) is 45.7 Å². The first-order valence-corrected chi connectivity index (χ1v) is 8.59. The van der Waals surface area contributed by atoms with Crippen molar-refractivity contribution in [3.63, 3.8) is 0 Å². The summed E-state index contributed by atoms with van der Waals surface area (Å²) in [7, 11) is 0. The minimum atomic E-state index is -0.309. The lowest BCUT2D eigenvalue weighted by Crippen LogP contribution is -2.35. The molecular weight excluding hydrogens is 272 g/mol. The van der Waals surface area contributed by atoms with Crippen LogP contribution in [0.5, 0.6) is 0 Å². The highest BCUT2D eigenvalue weighted by molar-refractivity contribution is 5.81. The summed E-state index contributed by atoms with van der Waals surface area (Å²) < 4.78 is 0. The van der Waals surface area contributed by atoms with Crippen molar-refractivity contribution in [2.24, 2.45) is 5.41 Å². The topological polar surface area (TPSA) is 32.3 Å². The second-order valence-electron chi connectivity index (χ2n) is 7.32. The number of benzene rings is 1. The van der Waals surface area contributed by atoms with Crippen molar-refractivity contribution in [3.8, 4) is 0 Å². The summed E-state index contributed by atoms with van der Waals surface area (Å²) in [6, 6.07) is 8.85. The number of rotatable bonds is 4. The maximum atomic E-state index is 11.8. The quantitative estimate of drug-likeness (QED) is 0.918. The second-order valence-corrected chi connectivity index (χ2v) is 7.32. The molecule has 3 nitrogen and oxygen atoms in total. The van der Waals surface area contributed by atoms with Gasteiger partial charge < -0.3 is 10.2 Å². The highest BCUT2D eigenvalue weighted by Crippen LogP contribution is 2.20. The third-order valence-electron chi connectivity index (χ3n) is 4.29. The lowest BCUT2D eigenvalue weighted by Gasteiger charge is -2.23. The third kappa shape index (κ3) is 5.04. The second kappa shape index (κ2) is 7.66. The van der Waals surface area contributed by atoms with Crippen molar-refractivity contribution in [2.75, 3.05) is 24.5 Å². The van der Waals surface area contributed by atoms with Gasteiger partial charge in [-0.3, -0.25) is 4.79 Å². The van der Waals surface area contributed by atoms with Gasteiger partial charge in [0, 0.05) is 30.7 Å². The Balaban J connectivity index is 1.82. The summed E-state index contributed by atoms with van der Waals surface area (Å²) >= 11 is 0. The fourth-order valence-electron chi connectivity index (χ4n) is 2.79. The fraction of sp³-hybridized carbons (Fsp3) is 0.632. The van der Waals surface area contributed by atoms with Crippen LogP contribution in [0, 0.1) is 5.41 Å². The molecule has 0 atom stereocenters. The van der Waals surface area contributed by atoms with Crippen LogP contribution in [-0.4, -0.2) is 25.5 Å². The number of nitrogens with one attached hydrogen (secondary N) is 1. The van der Waals surface area contributed by atoms with Gasteiger partial charge in [-0.25, -0.2) is 0 Å². The van der Waals surface area contributed by atoms with E-state index in [4.69, 9.17) is 0 Å². The van der Waals surface area contributed by atoms with Gasteiger partial charge in [0.25, 0.3) is 0 Å². The van der Waals surface area contributed by atoms with E-state index >= 15 is 0 Å². The van der Waals surface area contributed by atoms with E-state index in [0.717, 1.165) is 6.42 Å². The molecule has 0 unspecified atom stereocenters. The Hall–Kier alpha value is -1.51. The highest BCUT2D eigenvalue weighted by atomic mass is 16.2. The van der Waals surface area contributed by atoms with Gasteiger partial charge in [0.05, 0.1) is 0 Å². The van der Waals surface area contributed by atoms with Crippen LogP contribution in [0.4, 0.5) is 5.69 Å². The number of anilines is 1. The largest absolute Gasteiger partial charge is 0.372 e. The Kier molecular flexibility index (Phi) is 5.87. The third-order valence-corrected chi connectivity index (χ3v) is 4.29. The Labute approximate surface area is 135 Å². The van der Waals surface area contributed by atoms with Crippen LogP contribution < -0.4 is 10.2 Å². The number of hydrogen-bond donors (Lipinski definition) is 1. The Morgan fingerprint density at radius 1 is 1.05 bits per heavy atom. The smallest absolute Gasteiger partial charge is 0.225 e. The molecule has 1 aliphatic heterocycles. The van der Waals surface area contributed by atoms with Gasteiger partial charge in [-0.15, -0.1) is 0 Å². The Bertz CT molecular complexity index is 465. The summed E-state index contributed by atoms with van der Waals surface area (Å²) in [6.45, 7) is 8.90. The summed E-state index contributed by atoms with van der Waals surface area (Å²) in [5.74, 6) is 0.119. The zero-order chi connectivity index (χ0) is 16.0. The molecule has 1 amide bonds. The van der Waals surface area contributed by atoms with E-state index in [1.165, 1.54) is 50.0 Å². The van der Waals surface area contributed by atoms with Crippen molar-refractivity contribution in [1.82, 2.24) is 5.32 Å². The molecule has 22 heavy (non-hydrogen) atoms. The molecule has 1 aromatic rings. The first-order chi connectivity index (χ1) is 10.5. The van der Waals surface area contributed by atoms with Gasteiger partial charge in [-0.05, 0) is 37.0 Å². The zero-order valence-corrected chi connectivity index (χ0v) is 14.3. The van der Waals surface area contributed by atoms with E-state index in [-0.39, 0.29) is 11.3 Å². The van der Waals surface area contributed by atoms with Crippen LogP contribution >= 0.6 is 0 Å². The molecule has 0 spiro atoms. The first-order valence-electron chi connectivity index (χ1n) is 8.59. The predicted octanol–water partition coefficient (Wildman–Crippen LogP) is 3.77. The molecule has 3 heteroatoms. The molecule has 1 aromatic carbocycles. The number of carbonyl (C=O) groups is 1. The summed E-state index contributed by atoms with van der Waals surface area (Å²) in [4.78, 5) is 14.3. The van der Waals surface area contributed by atoms with Crippen LogP contribution in [0.15, 0.2) is 24.3 Å². The van der Waals surface area contributed by atoms with Gasteiger partial charge in [0.1, 0.15) is 0 Å². The lowest BCUT2D eigenvalue weighted by molar-refractivity contribution is -0.128. The molecule has 0 aromatic heterocycles. The molecule has 2 rings (SSSR count). The van der Waals surface area contributed by atoms with E-state index in [1.54, 1.807) is 0 Å². The Morgan fingerprint density at radius 2 is 1.64 bits per heavy atom. The molecule has 1 aliphatic rings. The Morgan fingerprint density at radius 3 is 2.18 bits per heavy atom. The van der Waals surface area contributed by atoms with Crippen molar-refractivity contribution >= 4 is 11.6 Å². The standard InChI is InChI=1S/C19H30N2O/c1-19(2,3)18(22)20-13-12-16-8-10-17(11-9-16)21-14-6-4-5-7-15-21/h8-11H,4-7,12-15H2,1-3H3,(H,20,22). The van der Waals surface area contributed by atoms with E-state index in [2.05, 4.69) is 34.5 Å². The maximum Gasteiger partial charge on any atom is 0.225 e. The van der Waals surface area contributed by atoms with Crippen LogP contribution in [0.25, 0.3) is 0 Å². The monoisotopic (exact) mass is 302 g/mol. The minimum absolute atomic E-state index is 0.119. The minimum Gasteiger partial charge on any atom is -0.372 e. The van der Waals surface area contributed by atoms with Crippen molar-refractivity contribution in [3.05, 3.63) is 29.8 Å². The summed E-state index contributed by atoms with van der Waals surface area (Å²) in [6.07, 6.45) is 6.23. The van der Waals surface area contributed by atoms with Crippen LogP contribution in [0.1, 0.15) is 52.0 Å². The molecule has 1 heterocycles. The van der Waals surface area contributed by atoms with E-state index in [1.807, 2.05) is 20.8 Å². The molecule has 0 aliphatic carbocycles. The molecule has 0 bridgehead atoms.